The second-order valence-corrected chi connectivity index (χ2v) is 12.5. The summed E-state index contributed by atoms with van der Waals surface area (Å²) in [6.07, 6.45) is 0. The fourth-order valence-electron chi connectivity index (χ4n) is 7.67. The lowest BCUT2D eigenvalue weighted by molar-refractivity contribution is 0.792. The molecule has 0 bridgehead atoms. The fraction of sp³-hybridized carbons (Fsp3) is 0.231. The Morgan fingerprint density at radius 3 is 1.22 bits per heavy atom. The molecule has 5 aromatic rings. The van der Waals surface area contributed by atoms with E-state index in [0.29, 0.717) is 0 Å². The molecule has 0 radical (unpaired) electrons. The van der Waals surface area contributed by atoms with Gasteiger partial charge in [0.2, 0.25) is 0 Å². The van der Waals surface area contributed by atoms with Gasteiger partial charge in [0, 0.05) is 39.6 Å². The topological polar surface area (TPSA) is 6.48 Å². The molecule has 0 saturated heterocycles. The fourth-order valence-corrected chi connectivity index (χ4v) is 7.67. The van der Waals surface area contributed by atoms with Gasteiger partial charge in [0.1, 0.15) is 0 Å². The number of aryl methyl sites for hydroxylation is 4. The van der Waals surface area contributed by atoms with Gasteiger partial charge in [-0.2, -0.15) is 0 Å². The molecule has 0 amide bonds. The van der Waals surface area contributed by atoms with Crippen LogP contribution >= 0.6 is 0 Å². The summed E-state index contributed by atoms with van der Waals surface area (Å²) in [6, 6.07) is 32.6. The number of rotatable bonds is 3. The van der Waals surface area contributed by atoms with E-state index in [-0.39, 0.29) is 5.41 Å². The molecule has 5 aromatic carbocycles. The zero-order valence-corrected chi connectivity index (χ0v) is 25.5. The van der Waals surface area contributed by atoms with Crippen molar-refractivity contribution in [2.45, 2.75) is 33.1 Å². The second kappa shape index (κ2) is 8.85. The van der Waals surface area contributed by atoms with Crippen LogP contribution in [0.2, 0.25) is 0 Å². The van der Waals surface area contributed by atoms with E-state index in [0.717, 1.165) is 0 Å². The predicted octanol–water partition coefficient (Wildman–Crippen LogP) is 9.06. The van der Waals surface area contributed by atoms with Gasteiger partial charge in [-0.05, 0) is 130 Å². The third-order valence-corrected chi connectivity index (χ3v) is 9.54. The lowest BCUT2D eigenvalue weighted by atomic mass is 9.69. The van der Waals surface area contributed by atoms with Crippen molar-refractivity contribution in [2.24, 2.45) is 0 Å². The van der Waals surface area contributed by atoms with Crippen LogP contribution in [0.25, 0.3) is 33.4 Å². The quantitative estimate of drug-likeness (QED) is 0.223. The lowest BCUT2D eigenvalue weighted by Crippen LogP contribution is -2.26. The first-order chi connectivity index (χ1) is 19.6. The number of anilines is 2. The summed E-state index contributed by atoms with van der Waals surface area (Å²) in [5.41, 5.74) is 21.3. The van der Waals surface area contributed by atoms with E-state index in [2.05, 4.69) is 151 Å². The zero-order valence-electron chi connectivity index (χ0n) is 25.5. The van der Waals surface area contributed by atoms with E-state index < -0.39 is 0 Å². The Labute approximate surface area is 244 Å². The predicted molar refractivity (Wildman–Crippen MR) is 176 cm³/mol. The Morgan fingerprint density at radius 1 is 0.415 bits per heavy atom. The maximum absolute atomic E-state index is 2.51. The van der Waals surface area contributed by atoms with E-state index >= 15 is 0 Å². The monoisotopic (exact) mass is 534 g/mol. The summed E-state index contributed by atoms with van der Waals surface area (Å²) >= 11 is 0. The smallest absolute Gasteiger partial charge is 0.0726 e. The minimum absolute atomic E-state index is 0.344. The van der Waals surface area contributed by atoms with Crippen molar-refractivity contribution in [2.75, 3.05) is 38.0 Å². The Hall–Kier alpha value is -4.30. The van der Waals surface area contributed by atoms with Gasteiger partial charge in [-0.1, -0.05) is 60.7 Å². The molecule has 1 spiro atoms. The molecule has 2 aliphatic carbocycles. The van der Waals surface area contributed by atoms with E-state index in [1.807, 2.05) is 0 Å². The van der Waals surface area contributed by atoms with Crippen LogP contribution in [0.5, 0.6) is 0 Å². The number of benzene rings is 5. The van der Waals surface area contributed by atoms with Crippen molar-refractivity contribution in [3.05, 3.63) is 129 Å². The van der Waals surface area contributed by atoms with Gasteiger partial charge >= 0.3 is 0 Å². The molecule has 0 aliphatic heterocycles. The number of fused-ring (bicyclic) bond motifs is 10. The third kappa shape index (κ3) is 3.37. The molecule has 204 valence electrons. The molecular weight excluding hydrogens is 496 g/mol. The van der Waals surface area contributed by atoms with Crippen LogP contribution in [-0.4, -0.2) is 28.2 Å². The lowest BCUT2D eigenvalue weighted by Gasteiger charge is -2.31. The largest absolute Gasteiger partial charge is 0.378 e. The van der Waals surface area contributed by atoms with Gasteiger partial charge in [0.25, 0.3) is 0 Å². The first kappa shape index (κ1) is 25.7. The highest BCUT2D eigenvalue weighted by Gasteiger charge is 2.53. The molecular formula is C39H38N2. The maximum atomic E-state index is 2.51. The average Bonchev–Trinajstić information content (AvgIpc) is 3.42. The zero-order chi connectivity index (χ0) is 28.8. The number of hydrogen-bond acceptors (Lipinski definition) is 2. The van der Waals surface area contributed by atoms with Gasteiger partial charge in [0.05, 0.1) is 5.41 Å². The molecule has 41 heavy (non-hydrogen) atoms. The van der Waals surface area contributed by atoms with Gasteiger partial charge in [-0.3, -0.25) is 0 Å². The van der Waals surface area contributed by atoms with Crippen LogP contribution in [0.15, 0.2) is 84.9 Å². The molecule has 0 unspecified atom stereocenters. The van der Waals surface area contributed by atoms with Gasteiger partial charge in [-0.15, -0.1) is 0 Å². The van der Waals surface area contributed by atoms with Crippen LogP contribution in [-0.2, 0) is 5.41 Å². The summed E-state index contributed by atoms with van der Waals surface area (Å²) in [7, 11) is 8.49. The summed E-state index contributed by atoms with van der Waals surface area (Å²) in [6.45, 7) is 9.14. The molecule has 0 atom stereocenters. The molecule has 2 aliphatic rings. The third-order valence-electron chi connectivity index (χ3n) is 9.54. The summed E-state index contributed by atoms with van der Waals surface area (Å²) in [5, 5.41) is 0. The first-order valence-corrected chi connectivity index (χ1v) is 14.6. The Balaban J connectivity index is 1.63. The van der Waals surface area contributed by atoms with Crippen molar-refractivity contribution < 1.29 is 0 Å². The highest BCUT2D eigenvalue weighted by Crippen LogP contribution is 2.65. The molecule has 0 aromatic heterocycles. The van der Waals surface area contributed by atoms with Crippen LogP contribution in [0.4, 0.5) is 11.4 Å². The minimum Gasteiger partial charge on any atom is -0.378 e. The number of nitrogens with zero attached hydrogens (tertiary/aromatic N) is 2. The van der Waals surface area contributed by atoms with Crippen LogP contribution < -0.4 is 9.80 Å². The summed E-state index contributed by atoms with van der Waals surface area (Å²) < 4.78 is 0. The summed E-state index contributed by atoms with van der Waals surface area (Å²) in [5.74, 6) is 0. The van der Waals surface area contributed by atoms with Gasteiger partial charge < -0.3 is 9.80 Å². The van der Waals surface area contributed by atoms with Gasteiger partial charge in [0.15, 0.2) is 0 Å². The normalized spacial score (nSPS) is 13.6. The van der Waals surface area contributed by atoms with Crippen LogP contribution in [0.3, 0.4) is 0 Å². The van der Waals surface area contributed by atoms with E-state index in [9.17, 15) is 0 Å². The van der Waals surface area contributed by atoms with Crippen molar-refractivity contribution in [3.8, 4) is 33.4 Å². The second-order valence-electron chi connectivity index (χ2n) is 12.5. The molecule has 2 nitrogen and oxygen atoms in total. The molecule has 2 heteroatoms. The van der Waals surface area contributed by atoms with Gasteiger partial charge in [-0.25, -0.2) is 0 Å². The van der Waals surface area contributed by atoms with Crippen LogP contribution in [0.1, 0.15) is 44.5 Å². The molecule has 0 fully saturated rings. The highest BCUT2D eigenvalue weighted by atomic mass is 15.1. The highest BCUT2D eigenvalue weighted by molar-refractivity contribution is 5.99. The molecule has 0 saturated carbocycles. The first-order valence-electron chi connectivity index (χ1n) is 14.6. The van der Waals surface area contributed by atoms with E-state index in [4.69, 9.17) is 0 Å². The van der Waals surface area contributed by atoms with Crippen molar-refractivity contribution in [3.63, 3.8) is 0 Å². The van der Waals surface area contributed by atoms with Crippen LogP contribution in [0, 0.1) is 27.7 Å². The standard InChI is InChI=1S/C39H38N2/c1-23-12-9-15-31-35(23)36-24(2)13-10-16-32(36)39(31)33-17-11-14-25(3)37(33)38-26(4)18-27(21-34(38)39)28-19-29(40(5)6)22-30(20-28)41(7)8/h9-22H,1-8H3. The maximum Gasteiger partial charge on any atom is 0.0726 e. The molecule has 0 N–H and O–H groups in total. The Bertz CT molecular complexity index is 1790. The molecule has 7 rings (SSSR count). The Kier molecular flexibility index (Phi) is 5.54. The molecule has 0 heterocycles. The van der Waals surface area contributed by atoms with E-state index in [1.54, 1.807) is 0 Å². The minimum atomic E-state index is -0.344. The summed E-state index contributed by atoms with van der Waals surface area (Å²) in [4.78, 5) is 4.40. The Morgan fingerprint density at radius 2 is 0.805 bits per heavy atom. The average molecular weight is 535 g/mol. The number of hydrogen-bond donors (Lipinski definition) is 0. The SMILES string of the molecule is Cc1cccc2c1-c1c(C)cccc1C21c2cccc(C)c2-c2c(C)cc(-c3cc(N(C)C)cc(N(C)C)c3)cc21. The van der Waals surface area contributed by atoms with Crippen molar-refractivity contribution in [1.82, 2.24) is 0 Å². The van der Waals surface area contributed by atoms with Crippen molar-refractivity contribution >= 4 is 11.4 Å². The van der Waals surface area contributed by atoms with Crippen molar-refractivity contribution in [1.29, 1.82) is 0 Å². The van der Waals surface area contributed by atoms with E-state index in [1.165, 1.54) is 89.3 Å².